The van der Waals surface area contributed by atoms with Crippen molar-refractivity contribution < 1.29 is 0 Å². The molecule has 2 atom stereocenters. The highest BCUT2D eigenvalue weighted by molar-refractivity contribution is 5.29. The van der Waals surface area contributed by atoms with Crippen molar-refractivity contribution in [3.05, 3.63) is 35.4 Å². The maximum atomic E-state index is 3.62. The van der Waals surface area contributed by atoms with Crippen LogP contribution >= 0.6 is 0 Å². The largest absolute Gasteiger partial charge is 0.310 e. The molecule has 1 heteroatoms. The van der Waals surface area contributed by atoms with E-state index in [4.69, 9.17) is 0 Å². The Kier molecular flexibility index (Phi) is 6.06. The normalized spacial score (nSPS) is 15.3. The van der Waals surface area contributed by atoms with E-state index in [2.05, 4.69) is 71.1 Å². The maximum Gasteiger partial charge on any atom is 0.0322 e. The Hall–Kier alpha value is -0.820. The number of rotatable bonds is 6. The van der Waals surface area contributed by atoms with Gasteiger partial charge in [0.05, 0.1) is 0 Å². The van der Waals surface area contributed by atoms with Crippen molar-refractivity contribution in [3.8, 4) is 0 Å². The van der Waals surface area contributed by atoms with Gasteiger partial charge in [0, 0.05) is 6.04 Å². The lowest BCUT2D eigenvalue weighted by Gasteiger charge is -2.24. The molecule has 0 spiro atoms. The Morgan fingerprint density at radius 1 is 1.05 bits per heavy atom. The lowest BCUT2D eigenvalue weighted by atomic mass is 9.85. The molecule has 0 aliphatic carbocycles. The predicted octanol–water partition coefficient (Wildman–Crippen LogP) is 5.07. The van der Waals surface area contributed by atoms with E-state index in [0.717, 1.165) is 12.5 Å². The summed E-state index contributed by atoms with van der Waals surface area (Å²) < 4.78 is 0. The smallest absolute Gasteiger partial charge is 0.0322 e. The lowest BCUT2D eigenvalue weighted by molar-refractivity contribution is 0.408. The highest BCUT2D eigenvalue weighted by Crippen LogP contribution is 2.27. The van der Waals surface area contributed by atoms with E-state index in [0.29, 0.717) is 6.04 Å². The van der Waals surface area contributed by atoms with Gasteiger partial charge < -0.3 is 5.32 Å². The van der Waals surface area contributed by atoms with Crippen LogP contribution in [0.2, 0.25) is 0 Å². The van der Waals surface area contributed by atoms with Gasteiger partial charge in [0.2, 0.25) is 0 Å². The number of hydrogen-bond acceptors (Lipinski definition) is 1. The van der Waals surface area contributed by atoms with E-state index < -0.39 is 0 Å². The van der Waals surface area contributed by atoms with Crippen molar-refractivity contribution >= 4 is 0 Å². The quantitative estimate of drug-likeness (QED) is 0.753. The average Bonchev–Trinajstić information content (AvgIpc) is 2.37. The van der Waals surface area contributed by atoms with Gasteiger partial charge in [-0.3, -0.25) is 0 Å². The molecule has 19 heavy (non-hydrogen) atoms. The fourth-order valence-electron chi connectivity index (χ4n) is 2.37. The zero-order valence-corrected chi connectivity index (χ0v) is 13.6. The molecule has 0 aliphatic heterocycles. The first kappa shape index (κ1) is 16.2. The molecule has 1 rings (SSSR count). The molecule has 0 heterocycles. The molecule has 0 aromatic heterocycles. The number of nitrogens with one attached hydrogen (secondary N) is 1. The molecule has 1 nitrogen and oxygen atoms in total. The first-order chi connectivity index (χ1) is 8.88. The lowest BCUT2D eigenvalue weighted by Crippen LogP contribution is -2.23. The molecule has 1 N–H and O–H groups in total. The molecule has 1 aromatic carbocycles. The molecule has 2 unspecified atom stereocenters. The van der Waals surface area contributed by atoms with Gasteiger partial charge in [0.1, 0.15) is 0 Å². The van der Waals surface area contributed by atoms with Crippen molar-refractivity contribution in [2.75, 3.05) is 6.54 Å². The molecule has 0 aliphatic rings. The summed E-state index contributed by atoms with van der Waals surface area (Å²) in [6.45, 7) is 14.6. The Bertz CT molecular complexity index is 358. The predicted molar refractivity (Wildman–Crippen MR) is 85.6 cm³/mol. The van der Waals surface area contributed by atoms with Crippen LogP contribution < -0.4 is 5.32 Å². The monoisotopic (exact) mass is 261 g/mol. The minimum Gasteiger partial charge on any atom is -0.310 e. The standard InChI is InChI=1S/C18H31N/c1-7-14(3)13-17(19-8-2)15-9-11-16(12-10-15)18(4,5)6/h9-12,14,17,19H,7-8,13H2,1-6H3. The second-order valence-electron chi connectivity index (χ2n) is 6.73. The molecule has 0 amide bonds. The zero-order valence-electron chi connectivity index (χ0n) is 13.6. The molecular formula is C18H31N. The fourth-order valence-corrected chi connectivity index (χ4v) is 2.37. The van der Waals surface area contributed by atoms with Gasteiger partial charge in [-0.2, -0.15) is 0 Å². The first-order valence-corrected chi connectivity index (χ1v) is 7.72. The van der Waals surface area contributed by atoms with Crippen molar-refractivity contribution in [2.45, 2.75) is 65.8 Å². The van der Waals surface area contributed by atoms with Crippen LogP contribution in [0.25, 0.3) is 0 Å². The average molecular weight is 261 g/mol. The Labute approximate surface area is 119 Å². The zero-order chi connectivity index (χ0) is 14.5. The third-order valence-corrected chi connectivity index (χ3v) is 3.96. The van der Waals surface area contributed by atoms with E-state index in [1.165, 1.54) is 24.0 Å². The van der Waals surface area contributed by atoms with Gasteiger partial charge in [-0.25, -0.2) is 0 Å². The van der Waals surface area contributed by atoms with Gasteiger partial charge in [-0.1, -0.05) is 72.2 Å². The molecule has 0 radical (unpaired) electrons. The fraction of sp³-hybridized carbons (Fsp3) is 0.667. The maximum absolute atomic E-state index is 3.62. The van der Waals surface area contributed by atoms with E-state index in [1.807, 2.05) is 0 Å². The molecule has 0 fully saturated rings. The first-order valence-electron chi connectivity index (χ1n) is 7.72. The summed E-state index contributed by atoms with van der Waals surface area (Å²) in [6, 6.07) is 9.67. The van der Waals surface area contributed by atoms with Crippen molar-refractivity contribution in [1.82, 2.24) is 5.32 Å². The van der Waals surface area contributed by atoms with Crippen molar-refractivity contribution in [1.29, 1.82) is 0 Å². The van der Waals surface area contributed by atoms with Crippen LogP contribution in [0.3, 0.4) is 0 Å². The van der Waals surface area contributed by atoms with Crippen LogP contribution in [-0.2, 0) is 5.41 Å². The second kappa shape index (κ2) is 7.09. The molecule has 0 bridgehead atoms. The van der Waals surface area contributed by atoms with E-state index in [1.54, 1.807) is 0 Å². The van der Waals surface area contributed by atoms with Gasteiger partial charge in [-0.05, 0) is 35.4 Å². The Balaban J connectivity index is 2.85. The molecule has 0 saturated heterocycles. The topological polar surface area (TPSA) is 12.0 Å². The highest BCUT2D eigenvalue weighted by atomic mass is 14.9. The van der Waals surface area contributed by atoms with E-state index in [-0.39, 0.29) is 5.41 Å². The minimum atomic E-state index is 0.239. The third kappa shape index (κ3) is 4.99. The SMILES string of the molecule is CCNC(CC(C)CC)c1ccc(C(C)(C)C)cc1. The van der Waals surface area contributed by atoms with E-state index in [9.17, 15) is 0 Å². The van der Waals surface area contributed by atoms with E-state index >= 15 is 0 Å². The molecule has 0 saturated carbocycles. The van der Waals surface area contributed by atoms with Crippen LogP contribution in [0.5, 0.6) is 0 Å². The van der Waals surface area contributed by atoms with Crippen LogP contribution in [-0.4, -0.2) is 6.54 Å². The van der Waals surface area contributed by atoms with Crippen LogP contribution in [0.15, 0.2) is 24.3 Å². The highest BCUT2D eigenvalue weighted by Gasteiger charge is 2.16. The van der Waals surface area contributed by atoms with Gasteiger partial charge >= 0.3 is 0 Å². The van der Waals surface area contributed by atoms with Crippen LogP contribution in [0, 0.1) is 5.92 Å². The summed E-state index contributed by atoms with van der Waals surface area (Å²) in [6.07, 6.45) is 2.47. The summed E-state index contributed by atoms with van der Waals surface area (Å²) in [5, 5.41) is 3.62. The van der Waals surface area contributed by atoms with Gasteiger partial charge in [0.15, 0.2) is 0 Å². The van der Waals surface area contributed by atoms with Gasteiger partial charge in [0.25, 0.3) is 0 Å². The Morgan fingerprint density at radius 3 is 2.05 bits per heavy atom. The summed E-state index contributed by atoms with van der Waals surface area (Å²) in [5.74, 6) is 0.770. The van der Waals surface area contributed by atoms with Crippen molar-refractivity contribution in [3.63, 3.8) is 0 Å². The summed E-state index contributed by atoms with van der Waals surface area (Å²) in [7, 11) is 0. The van der Waals surface area contributed by atoms with Crippen LogP contribution in [0.1, 0.15) is 71.6 Å². The Morgan fingerprint density at radius 2 is 1.63 bits per heavy atom. The third-order valence-electron chi connectivity index (χ3n) is 3.96. The molecule has 1 aromatic rings. The van der Waals surface area contributed by atoms with Crippen molar-refractivity contribution in [2.24, 2.45) is 5.92 Å². The number of hydrogen-bond donors (Lipinski definition) is 1. The summed E-state index contributed by atoms with van der Waals surface area (Å²) in [4.78, 5) is 0. The minimum absolute atomic E-state index is 0.239. The number of benzene rings is 1. The summed E-state index contributed by atoms with van der Waals surface area (Å²) >= 11 is 0. The molecule has 108 valence electrons. The second-order valence-corrected chi connectivity index (χ2v) is 6.73. The summed E-state index contributed by atoms with van der Waals surface area (Å²) in [5.41, 5.74) is 3.08. The van der Waals surface area contributed by atoms with Crippen LogP contribution in [0.4, 0.5) is 0 Å². The molecular weight excluding hydrogens is 230 g/mol. The van der Waals surface area contributed by atoms with Gasteiger partial charge in [-0.15, -0.1) is 0 Å².